The first-order valence-electron chi connectivity index (χ1n) is 6.30. The molecule has 0 radical (unpaired) electrons. The number of hydrogen-bond acceptors (Lipinski definition) is 4. The van der Waals surface area contributed by atoms with E-state index in [4.69, 9.17) is 9.47 Å². The number of rotatable bonds is 8. The van der Waals surface area contributed by atoms with E-state index in [9.17, 15) is 0 Å². The molecule has 1 aliphatic rings. The topological polar surface area (TPSA) is 33.7 Å². The zero-order valence-electron chi connectivity index (χ0n) is 11.1. The molecule has 104 valence electrons. The van der Waals surface area contributed by atoms with Crippen LogP contribution in [-0.2, 0) is 9.47 Å². The van der Waals surface area contributed by atoms with Gasteiger partial charge in [0.25, 0.3) is 0 Å². The van der Waals surface area contributed by atoms with Crippen molar-refractivity contribution >= 4 is 12.4 Å². The van der Waals surface area contributed by atoms with Crippen molar-refractivity contribution in [2.75, 3.05) is 60.2 Å². The molecule has 0 aromatic heterocycles. The van der Waals surface area contributed by atoms with E-state index in [0.717, 1.165) is 25.6 Å². The molecule has 1 aliphatic heterocycles. The fourth-order valence-electron chi connectivity index (χ4n) is 2.14. The van der Waals surface area contributed by atoms with Crippen LogP contribution in [-0.4, -0.2) is 65.1 Å². The van der Waals surface area contributed by atoms with Gasteiger partial charge in [-0.05, 0) is 45.4 Å². The lowest BCUT2D eigenvalue weighted by molar-refractivity contribution is 0.0511. The standard InChI is InChI=1S/C12H26N2O2.ClH/c1-13-11-12-3-5-14(6-4-12)7-8-16-10-9-15-2;/h12-13H,3-11H2,1-2H3;1H. The molecule has 0 aliphatic carbocycles. The minimum absolute atomic E-state index is 0. The monoisotopic (exact) mass is 266 g/mol. The first-order valence-corrected chi connectivity index (χ1v) is 6.30. The molecule has 1 N–H and O–H groups in total. The van der Waals surface area contributed by atoms with Gasteiger partial charge in [0.15, 0.2) is 0 Å². The largest absolute Gasteiger partial charge is 0.382 e. The van der Waals surface area contributed by atoms with Crippen molar-refractivity contribution in [2.45, 2.75) is 12.8 Å². The number of likely N-dealkylation sites (tertiary alicyclic amines) is 1. The molecule has 0 atom stereocenters. The maximum absolute atomic E-state index is 5.47. The average Bonchev–Trinajstić information content (AvgIpc) is 2.31. The van der Waals surface area contributed by atoms with Crippen LogP contribution < -0.4 is 5.32 Å². The summed E-state index contributed by atoms with van der Waals surface area (Å²) in [5.41, 5.74) is 0. The first kappa shape index (κ1) is 17.1. The van der Waals surface area contributed by atoms with Gasteiger partial charge in [-0.3, -0.25) is 0 Å². The molecule has 17 heavy (non-hydrogen) atoms. The van der Waals surface area contributed by atoms with E-state index in [0.29, 0.717) is 13.2 Å². The van der Waals surface area contributed by atoms with Crippen molar-refractivity contribution in [3.05, 3.63) is 0 Å². The Labute approximate surface area is 111 Å². The summed E-state index contributed by atoms with van der Waals surface area (Å²) in [6, 6.07) is 0. The highest BCUT2D eigenvalue weighted by molar-refractivity contribution is 5.85. The lowest BCUT2D eigenvalue weighted by Gasteiger charge is -2.31. The van der Waals surface area contributed by atoms with Crippen LogP contribution in [0, 0.1) is 5.92 Å². The van der Waals surface area contributed by atoms with Gasteiger partial charge in [0.1, 0.15) is 0 Å². The molecule has 1 saturated heterocycles. The number of methoxy groups -OCH3 is 1. The van der Waals surface area contributed by atoms with Crippen molar-refractivity contribution in [3.8, 4) is 0 Å². The van der Waals surface area contributed by atoms with Crippen LogP contribution in [0.3, 0.4) is 0 Å². The molecule has 0 saturated carbocycles. The molecule has 1 heterocycles. The molecule has 0 unspecified atom stereocenters. The molecule has 5 heteroatoms. The van der Waals surface area contributed by atoms with E-state index in [1.807, 2.05) is 7.05 Å². The number of nitrogens with one attached hydrogen (secondary N) is 1. The zero-order chi connectivity index (χ0) is 11.6. The van der Waals surface area contributed by atoms with E-state index in [1.165, 1.54) is 25.9 Å². The lowest BCUT2D eigenvalue weighted by atomic mass is 9.97. The Morgan fingerprint density at radius 1 is 1.18 bits per heavy atom. The van der Waals surface area contributed by atoms with Gasteiger partial charge in [-0.25, -0.2) is 0 Å². The molecule has 0 aromatic rings. The predicted octanol–water partition coefficient (Wildman–Crippen LogP) is 1.00. The second-order valence-corrected chi connectivity index (χ2v) is 4.45. The normalized spacial score (nSPS) is 18.0. The fourth-order valence-corrected chi connectivity index (χ4v) is 2.14. The molecule has 0 amide bonds. The molecule has 0 spiro atoms. The molecule has 1 rings (SSSR count). The van der Waals surface area contributed by atoms with Crippen LogP contribution in [0.2, 0.25) is 0 Å². The molecular formula is C12H27ClN2O2. The van der Waals surface area contributed by atoms with Gasteiger partial charge in [0, 0.05) is 13.7 Å². The van der Waals surface area contributed by atoms with Gasteiger partial charge >= 0.3 is 0 Å². The highest BCUT2D eigenvalue weighted by atomic mass is 35.5. The Balaban J connectivity index is 0.00000256. The lowest BCUT2D eigenvalue weighted by Crippen LogP contribution is -2.38. The Morgan fingerprint density at radius 2 is 1.88 bits per heavy atom. The summed E-state index contributed by atoms with van der Waals surface area (Å²) < 4.78 is 10.4. The third-order valence-corrected chi connectivity index (χ3v) is 3.18. The second kappa shape index (κ2) is 11.2. The molecular weight excluding hydrogens is 240 g/mol. The van der Waals surface area contributed by atoms with Crippen LogP contribution in [0.4, 0.5) is 0 Å². The van der Waals surface area contributed by atoms with Gasteiger partial charge in [0.2, 0.25) is 0 Å². The second-order valence-electron chi connectivity index (χ2n) is 4.45. The summed E-state index contributed by atoms with van der Waals surface area (Å²) in [5, 5.41) is 3.26. The maximum atomic E-state index is 5.47. The smallest absolute Gasteiger partial charge is 0.0700 e. The zero-order valence-corrected chi connectivity index (χ0v) is 11.9. The van der Waals surface area contributed by atoms with Crippen LogP contribution in [0.25, 0.3) is 0 Å². The number of nitrogens with zero attached hydrogens (tertiary/aromatic N) is 1. The van der Waals surface area contributed by atoms with Crippen molar-refractivity contribution in [2.24, 2.45) is 5.92 Å². The molecule has 1 fully saturated rings. The predicted molar refractivity (Wildman–Crippen MR) is 73.0 cm³/mol. The highest BCUT2D eigenvalue weighted by Crippen LogP contribution is 2.15. The van der Waals surface area contributed by atoms with Gasteiger partial charge in [0.05, 0.1) is 19.8 Å². The van der Waals surface area contributed by atoms with E-state index in [1.54, 1.807) is 7.11 Å². The van der Waals surface area contributed by atoms with E-state index < -0.39 is 0 Å². The van der Waals surface area contributed by atoms with E-state index in [-0.39, 0.29) is 12.4 Å². The number of hydrogen-bond donors (Lipinski definition) is 1. The van der Waals surface area contributed by atoms with Crippen LogP contribution in [0.5, 0.6) is 0 Å². The van der Waals surface area contributed by atoms with Crippen LogP contribution in [0.1, 0.15) is 12.8 Å². The summed E-state index contributed by atoms with van der Waals surface area (Å²) >= 11 is 0. The third kappa shape index (κ3) is 7.95. The van der Waals surface area contributed by atoms with Crippen molar-refractivity contribution in [1.29, 1.82) is 0 Å². The minimum Gasteiger partial charge on any atom is -0.382 e. The highest BCUT2D eigenvalue weighted by Gasteiger charge is 2.17. The summed E-state index contributed by atoms with van der Waals surface area (Å²) in [6.45, 7) is 6.92. The molecule has 0 aromatic carbocycles. The van der Waals surface area contributed by atoms with Crippen LogP contribution >= 0.6 is 12.4 Å². The van der Waals surface area contributed by atoms with Gasteiger partial charge in [-0.15, -0.1) is 12.4 Å². The van der Waals surface area contributed by atoms with E-state index in [2.05, 4.69) is 10.2 Å². The van der Waals surface area contributed by atoms with E-state index >= 15 is 0 Å². The SMILES string of the molecule is CNCC1CCN(CCOCCOC)CC1.Cl. The van der Waals surface area contributed by atoms with Gasteiger partial charge in [-0.2, -0.15) is 0 Å². The average molecular weight is 267 g/mol. The summed E-state index contributed by atoms with van der Waals surface area (Å²) in [5.74, 6) is 0.871. The van der Waals surface area contributed by atoms with Crippen molar-refractivity contribution < 1.29 is 9.47 Å². The number of halogens is 1. The Bertz CT molecular complexity index is 165. The summed E-state index contributed by atoms with van der Waals surface area (Å²) in [6.07, 6.45) is 2.64. The maximum Gasteiger partial charge on any atom is 0.0700 e. The quantitative estimate of drug-likeness (QED) is 0.665. The van der Waals surface area contributed by atoms with Crippen molar-refractivity contribution in [1.82, 2.24) is 10.2 Å². The molecule has 0 bridgehead atoms. The van der Waals surface area contributed by atoms with Crippen molar-refractivity contribution in [3.63, 3.8) is 0 Å². The summed E-state index contributed by atoms with van der Waals surface area (Å²) in [7, 11) is 3.74. The Kier molecular flexibility index (Phi) is 11.3. The van der Waals surface area contributed by atoms with Gasteiger partial charge < -0.3 is 19.7 Å². The Morgan fingerprint density at radius 3 is 2.47 bits per heavy atom. The number of piperidine rings is 1. The Hall–Kier alpha value is 0.130. The first-order chi connectivity index (χ1) is 7.86. The number of ether oxygens (including phenoxy) is 2. The summed E-state index contributed by atoms with van der Waals surface area (Å²) in [4.78, 5) is 2.50. The third-order valence-electron chi connectivity index (χ3n) is 3.18. The van der Waals surface area contributed by atoms with Gasteiger partial charge in [-0.1, -0.05) is 0 Å². The minimum atomic E-state index is 0. The van der Waals surface area contributed by atoms with Crippen LogP contribution in [0.15, 0.2) is 0 Å². The molecule has 4 nitrogen and oxygen atoms in total. The fraction of sp³-hybridized carbons (Fsp3) is 1.00.